The molecule has 2 heterocycles. The molecule has 3 aromatic rings. The van der Waals surface area contributed by atoms with Gasteiger partial charge in [0.2, 0.25) is 0 Å². The quantitative estimate of drug-likeness (QED) is 0.739. The Hall–Kier alpha value is -2.89. The van der Waals surface area contributed by atoms with Gasteiger partial charge in [0, 0.05) is 12.1 Å². The number of hydrogen-bond donors (Lipinski definition) is 0. The lowest BCUT2D eigenvalue weighted by molar-refractivity contribution is 0.284. The number of fused-ring (bicyclic) bond motifs is 3. The maximum absolute atomic E-state index is 6.01. The number of benzene rings is 2. The Morgan fingerprint density at radius 2 is 2.00 bits per heavy atom. The summed E-state index contributed by atoms with van der Waals surface area (Å²) in [6.07, 6.45) is 1.95. The molecule has 0 N–H and O–H groups in total. The van der Waals surface area contributed by atoms with Gasteiger partial charge in [-0.3, -0.25) is 0 Å². The fourth-order valence-corrected chi connectivity index (χ4v) is 2.99. The van der Waals surface area contributed by atoms with E-state index in [2.05, 4.69) is 21.6 Å². The highest BCUT2D eigenvalue weighted by Gasteiger charge is 2.20. The summed E-state index contributed by atoms with van der Waals surface area (Å²) < 4.78 is 13.4. The Bertz CT molecular complexity index is 845. The largest absolute Gasteiger partial charge is 0.493 e. The smallest absolute Gasteiger partial charge is 0.182 e. The number of ether oxygens (including phenoxy) is 2. The molecule has 6 heteroatoms. The van der Waals surface area contributed by atoms with Crippen molar-refractivity contribution in [3.8, 4) is 22.9 Å². The predicted molar refractivity (Wildman–Crippen MR) is 88.9 cm³/mol. The standard InChI is InChI=1S/C18H18N4O2/c1-23-16-11-15-14(8-5-9-22-18(15)19-20-21-22)10-17(16)24-12-13-6-3-2-4-7-13/h2-4,6-7,10-11H,5,8-9,12H2,1H3. The molecule has 0 spiro atoms. The van der Waals surface area contributed by atoms with Crippen molar-refractivity contribution in [1.29, 1.82) is 0 Å². The van der Waals surface area contributed by atoms with Crippen molar-refractivity contribution in [2.45, 2.75) is 26.0 Å². The lowest BCUT2D eigenvalue weighted by Crippen LogP contribution is -2.01. The molecule has 0 fully saturated rings. The summed E-state index contributed by atoms with van der Waals surface area (Å²) in [6.45, 7) is 1.33. The van der Waals surface area contributed by atoms with E-state index in [4.69, 9.17) is 9.47 Å². The lowest BCUT2D eigenvalue weighted by atomic mass is 10.0. The van der Waals surface area contributed by atoms with E-state index < -0.39 is 0 Å². The summed E-state index contributed by atoms with van der Waals surface area (Å²) >= 11 is 0. The molecule has 0 bridgehead atoms. The Morgan fingerprint density at radius 1 is 1.12 bits per heavy atom. The molecule has 1 aromatic heterocycles. The molecule has 4 rings (SSSR count). The van der Waals surface area contributed by atoms with Crippen molar-refractivity contribution < 1.29 is 9.47 Å². The van der Waals surface area contributed by atoms with Crippen LogP contribution in [0.3, 0.4) is 0 Å². The summed E-state index contributed by atoms with van der Waals surface area (Å²) in [5.41, 5.74) is 3.33. The molecule has 0 aliphatic carbocycles. The summed E-state index contributed by atoms with van der Waals surface area (Å²) in [5.74, 6) is 2.23. The maximum Gasteiger partial charge on any atom is 0.182 e. The van der Waals surface area contributed by atoms with Gasteiger partial charge >= 0.3 is 0 Å². The normalized spacial score (nSPS) is 12.9. The van der Waals surface area contributed by atoms with Crippen LogP contribution in [0.15, 0.2) is 42.5 Å². The van der Waals surface area contributed by atoms with Crippen LogP contribution < -0.4 is 9.47 Å². The zero-order chi connectivity index (χ0) is 16.4. The number of aromatic nitrogens is 4. The van der Waals surface area contributed by atoms with Gasteiger partial charge in [0.1, 0.15) is 6.61 Å². The highest BCUT2D eigenvalue weighted by Crippen LogP contribution is 2.37. The molecule has 122 valence electrons. The zero-order valence-electron chi connectivity index (χ0n) is 13.5. The molecule has 0 radical (unpaired) electrons. The molecule has 1 aliphatic rings. The van der Waals surface area contributed by atoms with Gasteiger partial charge in [-0.15, -0.1) is 5.10 Å². The molecule has 0 saturated heterocycles. The molecule has 2 aromatic carbocycles. The number of tetrazole rings is 1. The number of nitrogens with zero attached hydrogens (tertiary/aromatic N) is 4. The molecule has 0 atom stereocenters. The minimum atomic E-state index is 0.508. The number of rotatable bonds is 4. The first-order valence-corrected chi connectivity index (χ1v) is 7.99. The SMILES string of the molecule is COc1cc2c(cc1OCc1ccccc1)CCCn1nnnc1-2. The van der Waals surface area contributed by atoms with Crippen molar-refractivity contribution >= 4 is 0 Å². The van der Waals surface area contributed by atoms with Crippen molar-refractivity contribution in [3.63, 3.8) is 0 Å². The van der Waals surface area contributed by atoms with Crippen LogP contribution in [0, 0.1) is 0 Å². The minimum Gasteiger partial charge on any atom is -0.493 e. The van der Waals surface area contributed by atoms with Gasteiger partial charge in [-0.1, -0.05) is 30.3 Å². The van der Waals surface area contributed by atoms with E-state index in [1.165, 1.54) is 5.56 Å². The van der Waals surface area contributed by atoms with Crippen LogP contribution >= 0.6 is 0 Å². The molecule has 0 unspecified atom stereocenters. The van der Waals surface area contributed by atoms with E-state index in [9.17, 15) is 0 Å². The van der Waals surface area contributed by atoms with E-state index in [1.807, 2.05) is 41.1 Å². The molecular weight excluding hydrogens is 304 g/mol. The van der Waals surface area contributed by atoms with Gasteiger partial charge in [0.05, 0.1) is 7.11 Å². The van der Waals surface area contributed by atoms with Crippen LogP contribution in [0.25, 0.3) is 11.4 Å². The van der Waals surface area contributed by atoms with Crippen molar-refractivity contribution in [2.24, 2.45) is 0 Å². The minimum absolute atomic E-state index is 0.508. The summed E-state index contributed by atoms with van der Waals surface area (Å²) in [7, 11) is 1.65. The van der Waals surface area contributed by atoms with Crippen molar-refractivity contribution in [2.75, 3.05) is 7.11 Å². The topological polar surface area (TPSA) is 62.1 Å². The van der Waals surface area contributed by atoms with Gasteiger partial charge in [-0.25, -0.2) is 4.68 Å². The van der Waals surface area contributed by atoms with Crippen LogP contribution in [0.2, 0.25) is 0 Å². The first kappa shape index (κ1) is 14.7. The molecular formula is C18H18N4O2. The average molecular weight is 322 g/mol. The molecule has 6 nitrogen and oxygen atoms in total. The molecule has 0 amide bonds. The Balaban J connectivity index is 1.68. The van der Waals surface area contributed by atoms with Crippen LogP contribution in [-0.4, -0.2) is 27.3 Å². The lowest BCUT2D eigenvalue weighted by Gasteiger charge is -2.14. The van der Waals surface area contributed by atoms with E-state index in [1.54, 1.807) is 7.11 Å². The number of hydrogen-bond acceptors (Lipinski definition) is 5. The van der Waals surface area contributed by atoms with Gasteiger partial charge in [-0.05, 0) is 46.5 Å². The van der Waals surface area contributed by atoms with E-state index >= 15 is 0 Å². The van der Waals surface area contributed by atoms with Crippen LogP contribution in [0.1, 0.15) is 17.5 Å². The molecule has 24 heavy (non-hydrogen) atoms. The number of methoxy groups -OCH3 is 1. The molecule has 0 saturated carbocycles. The second-order valence-corrected chi connectivity index (χ2v) is 5.76. The van der Waals surface area contributed by atoms with Crippen molar-refractivity contribution in [3.05, 3.63) is 53.6 Å². The zero-order valence-corrected chi connectivity index (χ0v) is 13.5. The average Bonchev–Trinajstić information content (AvgIpc) is 3.02. The summed E-state index contributed by atoms with van der Waals surface area (Å²) in [4.78, 5) is 0. The van der Waals surface area contributed by atoms with Crippen LogP contribution in [0.4, 0.5) is 0 Å². The van der Waals surface area contributed by atoms with Crippen LogP contribution in [0.5, 0.6) is 11.5 Å². The summed E-state index contributed by atoms with van der Waals surface area (Å²) in [6, 6.07) is 14.1. The monoisotopic (exact) mass is 322 g/mol. The van der Waals surface area contributed by atoms with Gasteiger partial charge in [0.25, 0.3) is 0 Å². The fraction of sp³-hybridized carbons (Fsp3) is 0.278. The van der Waals surface area contributed by atoms with Gasteiger partial charge < -0.3 is 9.47 Å². The highest BCUT2D eigenvalue weighted by atomic mass is 16.5. The highest BCUT2D eigenvalue weighted by molar-refractivity contribution is 5.66. The maximum atomic E-state index is 6.01. The van der Waals surface area contributed by atoms with Crippen LogP contribution in [-0.2, 0) is 19.6 Å². The third-order valence-corrected chi connectivity index (χ3v) is 4.22. The first-order chi connectivity index (χ1) is 11.8. The summed E-state index contributed by atoms with van der Waals surface area (Å²) in [5, 5.41) is 12.0. The third kappa shape index (κ3) is 2.71. The Kier molecular flexibility index (Phi) is 3.86. The Morgan fingerprint density at radius 3 is 2.83 bits per heavy atom. The Labute approximate surface area is 140 Å². The van der Waals surface area contributed by atoms with E-state index in [0.717, 1.165) is 42.1 Å². The fourth-order valence-electron chi connectivity index (χ4n) is 2.99. The first-order valence-electron chi connectivity index (χ1n) is 7.99. The second-order valence-electron chi connectivity index (χ2n) is 5.76. The van der Waals surface area contributed by atoms with Gasteiger partial charge in [0.15, 0.2) is 17.3 Å². The molecule has 1 aliphatic heterocycles. The van der Waals surface area contributed by atoms with E-state index in [0.29, 0.717) is 12.4 Å². The second kappa shape index (κ2) is 6.31. The van der Waals surface area contributed by atoms with Crippen molar-refractivity contribution in [1.82, 2.24) is 20.2 Å². The van der Waals surface area contributed by atoms with E-state index in [-0.39, 0.29) is 0 Å². The number of aryl methyl sites for hydroxylation is 2. The van der Waals surface area contributed by atoms with Gasteiger partial charge in [-0.2, -0.15) is 0 Å². The third-order valence-electron chi connectivity index (χ3n) is 4.22. The predicted octanol–water partition coefficient (Wildman–Crippen LogP) is 2.87.